The second kappa shape index (κ2) is 7.56. The van der Waals surface area contributed by atoms with E-state index >= 15 is 0 Å². The van der Waals surface area contributed by atoms with Gasteiger partial charge in [-0.2, -0.15) is 5.10 Å². The van der Waals surface area contributed by atoms with E-state index in [4.69, 9.17) is 9.47 Å². The van der Waals surface area contributed by atoms with E-state index in [1.165, 1.54) is 37.1 Å². The van der Waals surface area contributed by atoms with E-state index in [1.54, 1.807) is 36.5 Å². The summed E-state index contributed by atoms with van der Waals surface area (Å²) in [7, 11) is 3.02. The van der Waals surface area contributed by atoms with Crippen LogP contribution >= 0.6 is 0 Å². The second-order valence-electron chi connectivity index (χ2n) is 5.44. The molecule has 1 amide bonds. The molecule has 1 N–H and O–H groups in total. The van der Waals surface area contributed by atoms with Crippen molar-refractivity contribution >= 4 is 17.3 Å². The van der Waals surface area contributed by atoms with E-state index in [0.717, 1.165) is 0 Å². The topological polar surface area (TPSA) is 109 Å². The number of carbonyl (C=O) groups is 1. The average molecular weight is 368 g/mol. The Morgan fingerprint density at radius 1 is 1.15 bits per heavy atom. The van der Waals surface area contributed by atoms with E-state index in [1.807, 2.05) is 0 Å². The second-order valence-corrected chi connectivity index (χ2v) is 5.44. The number of non-ortho nitro benzene ring substituents is 1. The lowest BCUT2D eigenvalue weighted by atomic mass is 10.2. The molecule has 9 heteroatoms. The summed E-state index contributed by atoms with van der Waals surface area (Å²) in [6.07, 6.45) is 1.55. The Morgan fingerprint density at radius 3 is 2.67 bits per heavy atom. The predicted octanol–water partition coefficient (Wildman–Crippen LogP) is 3.05. The van der Waals surface area contributed by atoms with Crippen molar-refractivity contribution < 1.29 is 19.2 Å². The smallest absolute Gasteiger partial charge is 0.276 e. The Balaban J connectivity index is 1.81. The summed E-state index contributed by atoms with van der Waals surface area (Å²) in [6, 6.07) is 12.5. The molecule has 2 aromatic carbocycles. The predicted molar refractivity (Wildman–Crippen MR) is 97.7 cm³/mol. The van der Waals surface area contributed by atoms with Gasteiger partial charge in [-0.1, -0.05) is 6.07 Å². The zero-order chi connectivity index (χ0) is 19.4. The molecule has 0 spiro atoms. The van der Waals surface area contributed by atoms with Gasteiger partial charge in [0.2, 0.25) is 0 Å². The van der Waals surface area contributed by atoms with Gasteiger partial charge in [0.05, 0.1) is 30.5 Å². The number of carbonyl (C=O) groups excluding carboxylic acids is 1. The highest BCUT2D eigenvalue weighted by Crippen LogP contribution is 2.29. The summed E-state index contributed by atoms with van der Waals surface area (Å²) < 4.78 is 11.8. The van der Waals surface area contributed by atoms with Crippen molar-refractivity contribution in [3.63, 3.8) is 0 Å². The van der Waals surface area contributed by atoms with E-state index in [0.29, 0.717) is 22.9 Å². The number of amides is 1. The van der Waals surface area contributed by atoms with E-state index in [2.05, 4.69) is 10.4 Å². The number of nitrogens with zero attached hydrogens (tertiary/aromatic N) is 3. The molecule has 0 radical (unpaired) electrons. The standard InChI is InChI=1S/C18H16N4O5/c1-26-14-6-7-15(17(11-14)27-2)19-18(23)16-8-9-21(20-16)12-4-3-5-13(10-12)22(24)25/h3-11H,1-2H3,(H,19,23). The van der Waals surface area contributed by atoms with E-state index < -0.39 is 10.8 Å². The van der Waals surface area contributed by atoms with Gasteiger partial charge in [0.1, 0.15) is 11.5 Å². The minimum absolute atomic E-state index is 0.0584. The van der Waals surface area contributed by atoms with Crippen molar-refractivity contribution in [3.8, 4) is 17.2 Å². The van der Waals surface area contributed by atoms with Gasteiger partial charge in [-0.3, -0.25) is 14.9 Å². The van der Waals surface area contributed by atoms with Crippen molar-refractivity contribution in [2.75, 3.05) is 19.5 Å². The van der Waals surface area contributed by atoms with Crippen molar-refractivity contribution in [3.05, 3.63) is 70.5 Å². The quantitative estimate of drug-likeness (QED) is 0.529. The number of hydrogen-bond acceptors (Lipinski definition) is 6. The highest BCUT2D eigenvalue weighted by Gasteiger charge is 2.14. The number of rotatable bonds is 6. The van der Waals surface area contributed by atoms with Crippen LogP contribution in [0.5, 0.6) is 11.5 Å². The van der Waals surface area contributed by atoms with Gasteiger partial charge < -0.3 is 14.8 Å². The van der Waals surface area contributed by atoms with Crippen molar-refractivity contribution in [1.29, 1.82) is 0 Å². The third kappa shape index (κ3) is 3.87. The third-order valence-electron chi connectivity index (χ3n) is 3.78. The lowest BCUT2D eigenvalue weighted by Crippen LogP contribution is -2.14. The fourth-order valence-electron chi connectivity index (χ4n) is 2.43. The normalized spacial score (nSPS) is 10.3. The number of anilines is 1. The highest BCUT2D eigenvalue weighted by molar-refractivity contribution is 6.03. The molecular weight excluding hydrogens is 352 g/mol. The first-order chi connectivity index (χ1) is 13.0. The largest absolute Gasteiger partial charge is 0.497 e. The highest BCUT2D eigenvalue weighted by atomic mass is 16.6. The first-order valence-electron chi connectivity index (χ1n) is 7.85. The van der Waals surface area contributed by atoms with Crippen LogP contribution in [0.2, 0.25) is 0 Å². The van der Waals surface area contributed by atoms with Crippen LogP contribution in [0.3, 0.4) is 0 Å². The number of nitrogens with one attached hydrogen (secondary N) is 1. The van der Waals surface area contributed by atoms with Gasteiger partial charge in [-0.25, -0.2) is 4.68 Å². The summed E-state index contributed by atoms with van der Waals surface area (Å²) in [5, 5.41) is 17.8. The molecule has 0 saturated carbocycles. The maximum atomic E-state index is 12.5. The van der Waals surface area contributed by atoms with Crippen LogP contribution in [-0.2, 0) is 0 Å². The molecule has 27 heavy (non-hydrogen) atoms. The van der Waals surface area contributed by atoms with Crippen molar-refractivity contribution in [2.45, 2.75) is 0 Å². The number of methoxy groups -OCH3 is 2. The number of hydrogen-bond donors (Lipinski definition) is 1. The van der Waals surface area contributed by atoms with Gasteiger partial charge in [0.25, 0.3) is 11.6 Å². The summed E-state index contributed by atoms with van der Waals surface area (Å²) in [6.45, 7) is 0. The Hall–Kier alpha value is -3.88. The number of nitro benzene ring substituents is 1. The molecule has 9 nitrogen and oxygen atoms in total. The molecule has 0 aliphatic rings. The molecule has 0 aliphatic heterocycles. The molecule has 0 saturated heterocycles. The van der Waals surface area contributed by atoms with Gasteiger partial charge in [-0.05, 0) is 24.3 Å². The van der Waals surface area contributed by atoms with E-state index in [9.17, 15) is 14.9 Å². The van der Waals surface area contributed by atoms with Crippen LogP contribution in [0.1, 0.15) is 10.5 Å². The van der Waals surface area contributed by atoms with Crippen LogP contribution in [-0.4, -0.2) is 34.8 Å². The molecule has 0 fully saturated rings. The minimum Gasteiger partial charge on any atom is -0.497 e. The van der Waals surface area contributed by atoms with Crippen LogP contribution in [0, 0.1) is 10.1 Å². The number of ether oxygens (including phenoxy) is 2. The van der Waals surface area contributed by atoms with Gasteiger partial charge in [-0.15, -0.1) is 0 Å². The van der Waals surface area contributed by atoms with Gasteiger partial charge in [0.15, 0.2) is 5.69 Å². The molecule has 138 valence electrons. The summed E-state index contributed by atoms with van der Waals surface area (Å²) >= 11 is 0. The Labute approximate surface area is 154 Å². The Morgan fingerprint density at radius 2 is 1.96 bits per heavy atom. The Bertz CT molecular complexity index is 999. The lowest BCUT2D eigenvalue weighted by Gasteiger charge is -2.10. The van der Waals surface area contributed by atoms with Crippen LogP contribution in [0.4, 0.5) is 11.4 Å². The lowest BCUT2D eigenvalue weighted by molar-refractivity contribution is -0.384. The van der Waals surface area contributed by atoms with Gasteiger partial charge in [0, 0.05) is 24.4 Å². The van der Waals surface area contributed by atoms with Crippen LogP contribution in [0.25, 0.3) is 5.69 Å². The zero-order valence-electron chi connectivity index (χ0n) is 14.6. The maximum Gasteiger partial charge on any atom is 0.276 e. The first-order valence-corrected chi connectivity index (χ1v) is 7.85. The van der Waals surface area contributed by atoms with Gasteiger partial charge >= 0.3 is 0 Å². The van der Waals surface area contributed by atoms with Crippen molar-refractivity contribution in [1.82, 2.24) is 9.78 Å². The number of aromatic nitrogens is 2. The SMILES string of the molecule is COc1ccc(NC(=O)c2ccn(-c3cccc([N+](=O)[O-])c3)n2)c(OC)c1. The fourth-order valence-corrected chi connectivity index (χ4v) is 2.43. The molecule has 1 aromatic heterocycles. The third-order valence-corrected chi connectivity index (χ3v) is 3.78. The molecule has 3 aromatic rings. The summed E-state index contributed by atoms with van der Waals surface area (Å²) in [5.41, 5.74) is 1.04. The molecular formula is C18H16N4O5. The molecule has 0 unspecified atom stereocenters. The van der Waals surface area contributed by atoms with E-state index in [-0.39, 0.29) is 11.4 Å². The van der Waals surface area contributed by atoms with Crippen molar-refractivity contribution in [2.24, 2.45) is 0 Å². The minimum atomic E-state index is -0.490. The zero-order valence-corrected chi connectivity index (χ0v) is 14.6. The molecule has 0 bridgehead atoms. The molecule has 0 atom stereocenters. The average Bonchev–Trinajstić information content (AvgIpc) is 3.18. The number of benzene rings is 2. The maximum absolute atomic E-state index is 12.5. The summed E-state index contributed by atoms with van der Waals surface area (Å²) in [4.78, 5) is 22.9. The Kier molecular flexibility index (Phi) is 5.02. The molecule has 3 rings (SSSR count). The molecule has 1 heterocycles. The molecule has 0 aliphatic carbocycles. The van der Waals surface area contributed by atoms with Crippen LogP contribution < -0.4 is 14.8 Å². The first kappa shape index (κ1) is 17.9. The fraction of sp³-hybridized carbons (Fsp3) is 0.111. The number of nitro groups is 1. The monoisotopic (exact) mass is 368 g/mol. The summed E-state index contributed by atoms with van der Waals surface area (Å²) in [5.74, 6) is 0.600. The van der Waals surface area contributed by atoms with Crippen LogP contribution in [0.15, 0.2) is 54.7 Å².